The van der Waals surface area contributed by atoms with E-state index in [-0.39, 0.29) is 6.04 Å². The van der Waals surface area contributed by atoms with Crippen LogP contribution in [0, 0.1) is 0 Å². The minimum atomic E-state index is 0.210. The molecule has 0 aliphatic carbocycles. The Morgan fingerprint density at radius 1 is 1.27 bits per heavy atom. The summed E-state index contributed by atoms with van der Waals surface area (Å²) >= 11 is 0. The first-order chi connectivity index (χ1) is 10.8. The Balaban J connectivity index is 1.68. The molecule has 0 bridgehead atoms. The van der Waals surface area contributed by atoms with Gasteiger partial charge >= 0.3 is 0 Å². The highest BCUT2D eigenvalue weighted by Gasteiger charge is 2.23. The van der Waals surface area contributed by atoms with Crippen LogP contribution in [0.3, 0.4) is 0 Å². The van der Waals surface area contributed by atoms with E-state index in [1.807, 2.05) is 6.20 Å². The Morgan fingerprint density at radius 3 is 2.73 bits per heavy atom. The molecule has 1 aromatic heterocycles. The van der Waals surface area contributed by atoms with Gasteiger partial charge in [-0.2, -0.15) is 0 Å². The number of rotatable bonds is 6. The van der Waals surface area contributed by atoms with Gasteiger partial charge in [0.25, 0.3) is 0 Å². The standard InChI is InChI=1S/C17H24N4O/c1-14(17-18-7-8-19-17)20-13-16(15-5-3-2-4-6-15)21-9-11-22-12-10-21/h2-8,14,16,20H,9-13H2,1H3,(H,18,19)/t14-,16-/m1/s1. The fraction of sp³-hybridized carbons (Fsp3) is 0.471. The van der Waals surface area contributed by atoms with Crippen LogP contribution in [-0.2, 0) is 4.74 Å². The Kier molecular flexibility index (Phi) is 5.21. The summed E-state index contributed by atoms with van der Waals surface area (Å²) in [7, 11) is 0. The number of H-pyrrole nitrogens is 1. The second kappa shape index (κ2) is 7.54. The smallest absolute Gasteiger partial charge is 0.122 e. The maximum atomic E-state index is 5.49. The van der Waals surface area contributed by atoms with Crippen molar-refractivity contribution in [3.05, 3.63) is 54.1 Å². The van der Waals surface area contributed by atoms with E-state index >= 15 is 0 Å². The highest BCUT2D eigenvalue weighted by molar-refractivity contribution is 5.19. The summed E-state index contributed by atoms with van der Waals surface area (Å²) in [5.41, 5.74) is 1.35. The van der Waals surface area contributed by atoms with Gasteiger partial charge in [-0.25, -0.2) is 4.98 Å². The number of hydrogen-bond donors (Lipinski definition) is 2. The third-order valence-electron chi connectivity index (χ3n) is 4.22. The number of imidazole rings is 1. The molecule has 2 aromatic rings. The zero-order valence-corrected chi connectivity index (χ0v) is 13.0. The highest BCUT2D eigenvalue weighted by Crippen LogP contribution is 2.22. The van der Waals surface area contributed by atoms with Gasteiger partial charge in [0.15, 0.2) is 0 Å². The molecule has 0 amide bonds. The van der Waals surface area contributed by atoms with Crippen molar-refractivity contribution < 1.29 is 4.74 Å². The van der Waals surface area contributed by atoms with Gasteiger partial charge < -0.3 is 15.0 Å². The van der Waals surface area contributed by atoms with Crippen molar-refractivity contribution in [2.75, 3.05) is 32.8 Å². The largest absolute Gasteiger partial charge is 0.379 e. The molecule has 2 N–H and O–H groups in total. The number of hydrogen-bond acceptors (Lipinski definition) is 4. The third-order valence-corrected chi connectivity index (χ3v) is 4.22. The number of benzene rings is 1. The number of nitrogens with zero attached hydrogens (tertiary/aromatic N) is 2. The van der Waals surface area contributed by atoms with E-state index in [0.29, 0.717) is 6.04 Å². The Morgan fingerprint density at radius 2 is 2.05 bits per heavy atom. The topological polar surface area (TPSA) is 53.2 Å². The highest BCUT2D eigenvalue weighted by atomic mass is 16.5. The summed E-state index contributed by atoms with van der Waals surface area (Å²) < 4.78 is 5.49. The van der Waals surface area contributed by atoms with Gasteiger partial charge in [-0.15, -0.1) is 0 Å². The molecule has 2 heterocycles. The molecule has 0 unspecified atom stereocenters. The van der Waals surface area contributed by atoms with Crippen LogP contribution in [0.5, 0.6) is 0 Å². The molecule has 5 nitrogen and oxygen atoms in total. The van der Waals surface area contributed by atoms with Gasteiger partial charge in [-0.05, 0) is 12.5 Å². The predicted octanol–water partition coefficient (Wildman–Crippen LogP) is 2.13. The molecular formula is C17H24N4O. The minimum Gasteiger partial charge on any atom is -0.379 e. The van der Waals surface area contributed by atoms with Crippen LogP contribution in [0.25, 0.3) is 0 Å². The lowest BCUT2D eigenvalue weighted by atomic mass is 10.0. The van der Waals surface area contributed by atoms with Crippen LogP contribution in [-0.4, -0.2) is 47.7 Å². The molecule has 2 atom stereocenters. The van der Waals surface area contributed by atoms with Crippen LogP contribution >= 0.6 is 0 Å². The average Bonchev–Trinajstić information content (AvgIpc) is 3.11. The summed E-state index contributed by atoms with van der Waals surface area (Å²) in [5, 5.41) is 3.60. The van der Waals surface area contributed by atoms with Gasteiger partial charge in [0.1, 0.15) is 5.82 Å². The molecule has 0 saturated carbocycles. The first kappa shape index (κ1) is 15.2. The molecular weight excluding hydrogens is 276 g/mol. The zero-order valence-electron chi connectivity index (χ0n) is 13.0. The van der Waals surface area contributed by atoms with Crippen molar-refractivity contribution in [1.82, 2.24) is 20.2 Å². The van der Waals surface area contributed by atoms with E-state index in [1.165, 1.54) is 5.56 Å². The van der Waals surface area contributed by atoms with Gasteiger partial charge in [-0.1, -0.05) is 30.3 Å². The monoisotopic (exact) mass is 300 g/mol. The average molecular weight is 300 g/mol. The van der Waals surface area contributed by atoms with Gasteiger partial charge in [0, 0.05) is 38.1 Å². The van der Waals surface area contributed by atoms with Crippen molar-refractivity contribution in [3.63, 3.8) is 0 Å². The van der Waals surface area contributed by atoms with E-state index in [4.69, 9.17) is 4.74 Å². The second-order valence-electron chi connectivity index (χ2n) is 5.68. The normalized spacial score (nSPS) is 19.0. The van der Waals surface area contributed by atoms with Gasteiger partial charge in [-0.3, -0.25) is 4.90 Å². The molecule has 22 heavy (non-hydrogen) atoms. The lowest BCUT2D eigenvalue weighted by Gasteiger charge is -2.35. The first-order valence-electron chi connectivity index (χ1n) is 7.94. The molecule has 118 valence electrons. The maximum absolute atomic E-state index is 5.49. The number of aromatic nitrogens is 2. The quantitative estimate of drug-likeness (QED) is 0.858. The van der Waals surface area contributed by atoms with E-state index in [9.17, 15) is 0 Å². The van der Waals surface area contributed by atoms with Crippen LogP contribution < -0.4 is 5.32 Å². The van der Waals surface area contributed by atoms with Crippen LogP contribution in [0.15, 0.2) is 42.7 Å². The van der Waals surface area contributed by atoms with Crippen molar-refractivity contribution >= 4 is 0 Å². The maximum Gasteiger partial charge on any atom is 0.122 e. The Bertz CT molecular complexity index is 537. The summed E-state index contributed by atoms with van der Waals surface area (Å²) in [5.74, 6) is 0.980. The molecule has 1 aliphatic rings. The SMILES string of the molecule is C[C@@H](NC[C@H](c1ccccc1)N1CCOCC1)c1ncc[nH]1. The van der Waals surface area contributed by atoms with Crippen LogP contribution in [0.1, 0.15) is 30.4 Å². The van der Waals surface area contributed by atoms with Gasteiger partial charge in [0.2, 0.25) is 0 Å². The van der Waals surface area contributed by atoms with Gasteiger partial charge in [0.05, 0.1) is 19.3 Å². The molecule has 1 fully saturated rings. The van der Waals surface area contributed by atoms with Crippen molar-refractivity contribution in [1.29, 1.82) is 0 Å². The predicted molar refractivity (Wildman–Crippen MR) is 86.6 cm³/mol. The molecule has 1 saturated heterocycles. The fourth-order valence-corrected chi connectivity index (χ4v) is 2.92. The minimum absolute atomic E-state index is 0.210. The second-order valence-corrected chi connectivity index (χ2v) is 5.68. The van der Waals surface area contributed by atoms with E-state index in [2.05, 4.69) is 57.4 Å². The van der Waals surface area contributed by atoms with Crippen molar-refractivity contribution in [2.24, 2.45) is 0 Å². The molecule has 1 aromatic carbocycles. The van der Waals surface area contributed by atoms with Crippen molar-refractivity contribution in [3.8, 4) is 0 Å². The van der Waals surface area contributed by atoms with E-state index in [1.54, 1.807) is 6.20 Å². The summed E-state index contributed by atoms with van der Waals surface area (Å²) in [4.78, 5) is 10.0. The molecule has 1 aliphatic heterocycles. The molecule has 0 spiro atoms. The Hall–Kier alpha value is -1.69. The zero-order chi connectivity index (χ0) is 15.2. The lowest BCUT2D eigenvalue weighted by molar-refractivity contribution is 0.0157. The van der Waals surface area contributed by atoms with Crippen molar-refractivity contribution in [2.45, 2.75) is 19.0 Å². The fourth-order valence-electron chi connectivity index (χ4n) is 2.92. The number of ether oxygens (including phenoxy) is 1. The number of nitrogens with one attached hydrogen (secondary N) is 2. The first-order valence-corrected chi connectivity index (χ1v) is 7.94. The summed E-state index contributed by atoms with van der Waals surface area (Å²) in [6, 6.07) is 11.3. The molecule has 5 heteroatoms. The van der Waals surface area contributed by atoms with E-state index in [0.717, 1.165) is 38.7 Å². The summed E-state index contributed by atoms with van der Waals surface area (Å²) in [6.45, 7) is 6.63. The molecule has 0 radical (unpaired) electrons. The molecule has 3 rings (SSSR count). The Labute approximate surface area is 131 Å². The van der Waals surface area contributed by atoms with E-state index < -0.39 is 0 Å². The number of aromatic amines is 1. The van der Waals surface area contributed by atoms with Crippen LogP contribution in [0.4, 0.5) is 0 Å². The third kappa shape index (κ3) is 3.74. The number of morpholine rings is 1. The summed E-state index contributed by atoms with van der Waals surface area (Å²) in [6.07, 6.45) is 3.66. The van der Waals surface area contributed by atoms with Crippen LogP contribution in [0.2, 0.25) is 0 Å². The lowest BCUT2D eigenvalue weighted by Crippen LogP contribution is -2.43.